The Morgan fingerprint density at radius 1 is 0.800 bits per heavy atom. The number of hydrogen-bond donors (Lipinski definition) is 0. The summed E-state index contributed by atoms with van der Waals surface area (Å²) in [4.78, 5) is 14.7. The van der Waals surface area contributed by atoms with E-state index >= 15 is 0 Å². The van der Waals surface area contributed by atoms with Gasteiger partial charge in [0.05, 0.1) is 11.4 Å². The molecule has 0 heterocycles. The van der Waals surface area contributed by atoms with Gasteiger partial charge in [-0.25, -0.2) is 0 Å². The number of azo groups is 1. The van der Waals surface area contributed by atoms with Crippen molar-refractivity contribution in [1.29, 1.82) is 0 Å². The minimum absolute atomic E-state index is 0.0189. The van der Waals surface area contributed by atoms with Gasteiger partial charge in [-0.15, -0.1) is 0 Å². The first-order valence-electron chi connectivity index (χ1n) is 9.96. The van der Waals surface area contributed by atoms with Gasteiger partial charge < -0.3 is 9.64 Å². The maximum Gasteiger partial charge on any atom is 0.261 e. The molecule has 0 aliphatic rings. The fourth-order valence-electron chi connectivity index (χ4n) is 2.91. The van der Waals surface area contributed by atoms with Gasteiger partial charge in [0.2, 0.25) is 0 Å². The average molecular weight is 402 g/mol. The van der Waals surface area contributed by atoms with Crippen LogP contribution in [-0.4, -0.2) is 23.0 Å². The zero-order valence-electron chi connectivity index (χ0n) is 17.7. The zero-order valence-corrected chi connectivity index (χ0v) is 17.7. The van der Waals surface area contributed by atoms with Crippen LogP contribution in [0.1, 0.15) is 26.3 Å². The first kappa shape index (κ1) is 21.2. The predicted octanol–water partition coefficient (Wildman–Crippen LogP) is 6.31. The van der Waals surface area contributed by atoms with Gasteiger partial charge in [-0.3, -0.25) is 4.79 Å². The maximum atomic E-state index is 12.9. The van der Waals surface area contributed by atoms with Gasteiger partial charge in [0.15, 0.2) is 6.61 Å². The van der Waals surface area contributed by atoms with Crippen LogP contribution in [0.15, 0.2) is 95.2 Å². The van der Waals surface area contributed by atoms with Crippen LogP contribution in [-0.2, 0) is 11.3 Å². The highest BCUT2D eigenvalue weighted by Crippen LogP contribution is 2.22. The third-order valence-electron chi connectivity index (χ3n) is 4.53. The van der Waals surface area contributed by atoms with Crippen LogP contribution in [0.3, 0.4) is 0 Å². The number of nitrogens with zero attached hydrogens (tertiary/aromatic N) is 3. The summed E-state index contributed by atoms with van der Waals surface area (Å²) in [6.45, 7) is 6.61. The fraction of sp³-hybridized carbons (Fsp3) is 0.240. The highest BCUT2D eigenvalue weighted by molar-refractivity contribution is 5.78. The highest BCUT2D eigenvalue weighted by Gasteiger charge is 2.26. The predicted molar refractivity (Wildman–Crippen MR) is 119 cm³/mol. The van der Waals surface area contributed by atoms with Crippen LogP contribution >= 0.6 is 0 Å². The van der Waals surface area contributed by atoms with E-state index in [1.165, 1.54) is 0 Å². The first-order chi connectivity index (χ1) is 14.4. The van der Waals surface area contributed by atoms with Crippen molar-refractivity contribution in [2.45, 2.75) is 32.9 Å². The Labute approximate surface area is 178 Å². The Kier molecular flexibility index (Phi) is 6.96. The summed E-state index contributed by atoms with van der Waals surface area (Å²) >= 11 is 0. The molecule has 0 aliphatic heterocycles. The largest absolute Gasteiger partial charge is 0.484 e. The summed E-state index contributed by atoms with van der Waals surface area (Å²) in [6, 6.07) is 26.8. The van der Waals surface area contributed by atoms with Gasteiger partial charge in [0.25, 0.3) is 5.91 Å². The Hall–Kier alpha value is -3.47. The van der Waals surface area contributed by atoms with E-state index < -0.39 is 0 Å². The lowest BCUT2D eigenvalue weighted by Gasteiger charge is -2.35. The summed E-state index contributed by atoms with van der Waals surface area (Å²) < 4.78 is 5.74. The van der Waals surface area contributed by atoms with E-state index in [0.29, 0.717) is 12.3 Å². The molecule has 5 nitrogen and oxygen atoms in total. The molecule has 0 fully saturated rings. The van der Waals surface area contributed by atoms with E-state index in [2.05, 4.69) is 10.2 Å². The topological polar surface area (TPSA) is 54.3 Å². The van der Waals surface area contributed by atoms with Crippen molar-refractivity contribution >= 4 is 17.3 Å². The molecule has 0 saturated carbocycles. The van der Waals surface area contributed by atoms with Crippen molar-refractivity contribution in [3.8, 4) is 5.75 Å². The lowest BCUT2D eigenvalue weighted by molar-refractivity contribution is -0.139. The molecular formula is C25H27N3O2. The second-order valence-corrected chi connectivity index (χ2v) is 7.95. The molecule has 0 aliphatic carbocycles. The van der Waals surface area contributed by atoms with Gasteiger partial charge in [-0.1, -0.05) is 48.5 Å². The van der Waals surface area contributed by atoms with Crippen molar-refractivity contribution in [2.24, 2.45) is 10.2 Å². The molecule has 0 N–H and O–H groups in total. The summed E-state index contributed by atoms with van der Waals surface area (Å²) in [7, 11) is 0. The zero-order chi connectivity index (χ0) is 21.4. The van der Waals surface area contributed by atoms with Crippen LogP contribution in [0.2, 0.25) is 0 Å². The van der Waals surface area contributed by atoms with Gasteiger partial charge in [0, 0.05) is 12.1 Å². The molecule has 0 saturated heterocycles. The van der Waals surface area contributed by atoms with Crippen LogP contribution in [0.4, 0.5) is 11.4 Å². The molecule has 0 aromatic heterocycles. The molecule has 3 aromatic carbocycles. The molecule has 0 atom stereocenters. The third kappa shape index (κ3) is 6.27. The maximum absolute atomic E-state index is 12.9. The van der Waals surface area contributed by atoms with E-state index in [1.54, 1.807) is 12.1 Å². The minimum atomic E-state index is -0.308. The van der Waals surface area contributed by atoms with Gasteiger partial charge >= 0.3 is 0 Å². The second-order valence-electron chi connectivity index (χ2n) is 7.95. The van der Waals surface area contributed by atoms with Crippen molar-refractivity contribution in [1.82, 2.24) is 4.90 Å². The molecule has 0 spiro atoms. The highest BCUT2D eigenvalue weighted by atomic mass is 16.5. The molecule has 5 heteroatoms. The van der Waals surface area contributed by atoms with Crippen molar-refractivity contribution in [2.75, 3.05) is 6.61 Å². The Morgan fingerprint density at radius 2 is 1.33 bits per heavy atom. The van der Waals surface area contributed by atoms with E-state index in [-0.39, 0.29) is 18.1 Å². The molecule has 3 rings (SSSR count). The second kappa shape index (κ2) is 9.83. The van der Waals surface area contributed by atoms with Gasteiger partial charge in [0.1, 0.15) is 5.75 Å². The van der Waals surface area contributed by atoms with E-state index in [0.717, 1.165) is 16.9 Å². The quantitative estimate of drug-likeness (QED) is 0.436. The Bertz CT molecular complexity index is 963. The SMILES string of the molecule is CC(C)(C)N(Cc1ccccc1)C(=O)COc1ccc(N=Nc2ccccc2)cc1. The summed E-state index contributed by atoms with van der Waals surface area (Å²) in [6.07, 6.45) is 0. The molecule has 0 bridgehead atoms. The number of carbonyl (C=O) groups is 1. The number of amides is 1. The minimum Gasteiger partial charge on any atom is -0.484 e. The van der Waals surface area contributed by atoms with Crippen LogP contribution in [0.25, 0.3) is 0 Å². The molecule has 30 heavy (non-hydrogen) atoms. The molecule has 1 amide bonds. The number of benzene rings is 3. The number of hydrogen-bond acceptors (Lipinski definition) is 4. The molecule has 0 unspecified atom stereocenters. The number of carbonyl (C=O) groups excluding carboxylic acids is 1. The summed E-state index contributed by atoms with van der Waals surface area (Å²) in [5.74, 6) is 0.565. The van der Waals surface area contributed by atoms with Crippen molar-refractivity contribution in [3.63, 3.8) is 0 Å². The van der Waals surface area contributed by atoms with Crippen LogP contribution in [0.5, 0.6) is 5.75 Å². The fourth-order valence-corrected chi connectivity index (χ4v) is 2.91. The van der Waals surface area contributed by atoms with Crippen molar-refractivity contribution in [3.05, 3.63) is 90.5 Å². The summed E-state index contributed by atoms with van der Waals surface area (Å²) in [5.41, 5.74) is 2.30. The first-order valence-corrected chi connectivity index (χ1v) is 9.96. The molecule has 3 aromatic rings. The number of rotatable bonds is 7. The standard InChI is InChI=1S/C25H27N3O2/c1-25(2,3)28(18-20-10-6-4-7-11-20)24(29)19-30-23-16-14-22(15-17-23)27-26-21-12-8-5-9-13-21/h4-17H,18-19H2,1-3H3. The third-order valence-corrected chi connectivity index (χ3v) is 4.53. The lowest BCUT2D eigenvalue weighted by Crippen LogP contribution is -2.47. The van der Waals surface area contributed by atoms with E-state index in [9.17, 15) is 4.79 Å². The monoisotopic (exact) mass is 401 g/mol. The molecular weight excluding hydrogens is 374 g/mol. The summed E-state index contributed by atoms with van der Waals surface area (Å²) in [5, 5.41) is 8.41. The molecule has 0 radical (unpaired) electrons. The Balaban J connectivity index is 1.59. The lowest BCUT2D eigenvalue weighted by atomic mass is 10.0. The molecule has 154 valence electrons. The average Bonchev–Trinajstić information content (AvgIpc) is 2.76. The smallest absolute Gasteiger partial charge is 0.261 e. The van der Waals surface area contributed by atoms with Crippen LogP contribution < -0.4 is 4.74 Å². The van der Waals surface area contributed by atoms with E-state index in [4.69, 9.17) is 4.74 Å². The van der Waals surface area contributed by atoms with E-state index in [1.807, 2.05) is 98.5 Å². The van der Waals surface area contributed by atoms with Gasteiger partial charge in [-0.05, 0) is 62.7 Å². The normalized spacial score (nSPS) is 11.4. The van der Waals surface area contributed by atoms with Crippen LogP contribution in [0, 0.1) is 0 Å². The van der Waals surface area contributed by atoms with Crippen molar-refractivity contribution < 1.29 is 9.53 Å². The number of ether oxygens (including phenoxy) is 1. The Morgan fingerprint density at radius 3 is 1.90 bits per heavy atom. The van der Waals surface area contributed by atoms with Gasteiger partial charge in [-0.2, -0.15) is 10.2 Å².